The summed E-state index contributed by atoms with van der Waals surface area (Å²) in [5.74, 6) is -0.118. The maximum absolute atomic E-state index is 12.2. The maximum Gasteiger partial charge on any atom is 0.262 e. The molecule has 0 unspecified atom stereocenters. The average molecular weight is 352 g/mol. The first-order chi connectivity index (χ1) is 11.5. The van der Waals surface area contributed by atoms with Crippen LogP contribution in [0.15, 0.2) is 12.1 Å². The third-order valence-electron chi connectivity index (χ3n) is 3.98. The van der Waals surface area contributed by atoms with Crippen LogP contribution in [0.5, 0.6) is 5.75 Å². The van der Waals surface area contributed by atoms with E-state index in [4.69, 9.17) is 16.3 Å². The molecule has 0 bridgehead atoms. The van der Waals surface area contributed by atoms with E-state index in [1.165, 1.54) is 6.07 Å². The Kier molecular flexibility index (Phi) is 4.89. The zero-order chi connectivity index (χ0) is 17.1. The number of amides is 3. The Morgan fingerprint density at radius 3 is 2.96 bits per heavy atom. The summed E-state index contributed by atoms with van der Waals surface area (Å²) in [4.78, 5) is 37.1. The van der Waals surface area contributed by atoms with Crippen molar-refractivity contribution in [1.29, 1.82) is 0 Å². The van der Waals surface area contributed by atoms with Crippen molar-refractivity contribution in [2.45, 2.75) is 25.7 Å². The van der Waals surface area contributed by atoms with Crippen LogP contribution < -0.4 is 15.4 Å². The van der Waals surface area contributed by atoms with Gasteiger partial charge in [0, 0.05) is 19.0 Å². The summed E-state index contributed by atoms with van der Waals surface area (Å²) in [5, 5.41) is 5.64. The van der Waals surface area contributed by atoms with Gasteiger partial charge in [0.15, 0.2) is 6.61 Å². The van der Waals surface area contributed by atoms with Crippen LogP contribution in [-0.4, -0.2) is 42.3 Å². The van der Waals surface area contributed by atoms with Gasteiger partial charge in [-0.15, -0.1) is 0 Å². The van der Waals surface area contributed by atoms with Crippen molar-refractivity contribution in [3.63, 3.8) is 0 Å². The number of benzene rings is 1. The van der Waals surface area contributed by atoms with Crippen LogP contribution in [0.3, 0.4) is 0 Å². The van der Waals surface area contributed by atoms with E-state index in [2.05, 4.69) is 10.6 Å². The molecular formula is C16H18ClN3O4. The van der Waals surface area contributed by atoms with Crippen LogP contribution >= 0.6 is 11.6 Å². The lowest BCUT2D eigenvalue weighted by atomic mass is 10.2. The molecule has 0 aromatic heterocycles. The monoisotopic (exact) mass is 351 g/mol. The summed E-state index contributed by atoms with van der Waals surface area (Å²) in [6.45, 7) is 0.521. The molecule has 2 heterocycles. The molecule has 8 heteroatoms. The summed E-state index contributed by atoms with van der Waals surface area (Å²) in [7, 11) is 0. The van der Waals surface area contributed by atoms with Crippen LogP contribution in [0.1, 0.15) is 25.7 Å². The normalized spacial score (nSPS) is 17.5. The van der Waals surface area contributed by atoms with E-state index in [1.807, 2.05) is 0 Å². The smallest absolute Gasteiger partial charge is 0.262 e. The van der Waals surface area contributed by atoms with Gasteiger partial charge in [0.05, 0.1) is 22.9 Å². The molecule has 1 aromatic carbocycles. The van der Waals surface area contributed by atoms with Gasteiger partial charge in [-0.1, -0.05) is 18.0 Å². The van der Waals surface area contributed by atoms with E-state index in [1.54, 1.807) is 11.0 Å². The van der Waals surface area contributed by atoms with E-state index < -0.39 is 0 Å². The number of likely N-dealkylation sites (tertiary alicyclic amines) is 1. The first-order valence-electron chi connectivity index (χ1n) is 7.87. The predicted molar refractivity (Wildman–Crippen MR) is 89.3 cm³/mol. The van der Waals surface area contributed by atoms with Crippen molar-refractivity contribution in [3.05, 3.63) is 17.2 Å². The molecule has 0 spiro atoms. The van der Waals surface area contributed by atoms with Crippen molar-refractivity contribution >= 4 is 40.7 Å². The van der Waals surface area contributed by atoms with E-state index in [0.29, 0.717) is 30.1 Å². The molecule has 1 aromatic rings. The van der Waals surface area contributed by atoms with Gasteiger partial charge >= 0.3 is 0 Å². The molecule has 7 nitrogen and oxygen atoms in total. The summed E-state index contributed by atoms with van der Waals surface area (Å²) < 4.78 is 5.31. The molecule has 0 atom stereocenters. The van der Waals surface area contributed by atoms with Crippen LogP contribution in [0.4, 0.5) is 11.4 Å². The minimum atomic E-state index is -0.313. The second-order valence-corrected chi connectivity index (χ2v) is 6.25. The third kappa shape index (κ3) is 3.79. The molecule has 0 aliphatic carbocycles. The molecule has 2 aliphatic heterocycles. The molecule has 2 N–H and O–H groups in total. The molecule has 1 fully saturated rings. The van der Waals surface area contributed by atoms with Gasteiger partial charge in [-0.2, -0.15) is 0 Å². The number of rotatable bonds is 3. The Balaban J connectivity index is 1.68. The fraction of sp³-hybridized carbons (Fsp3) is 0.438. The molecule has 128 valence electrons. The Bertz CT molecular complexity index is 692. The second-order valence-electron chi connectivity index (χ2n) is 5.84. The molecular weight excluding hydrogens is 334 g/mol. The second kappa shape index (κ2) is 7.09. The van der Waals surface area contributed by atoms with Crippen LogP contribution in [0, 0.1) is 0 Å². The van der Waals surface area contributed by atoms with Crippen LogP contribution in [-0.2, 0) is 14.4 Å². The minimum absolute atomic E-state index is 0.00381. The molecule has 2 aliphatic rings. The highest BCUT2D eigenvalue weighted by Crippen LogP contribution is 2.36. The zero-order valence-corrected chi connectivity index (χ0v) is 13.8. The number of carbonyl (C=O) groups is 3. The maximum atomic E-state index is 12.2. The predicted octanol–water partition coefficient (Wildman–Crippen LogP) is 2.01. The van der Waals surface area contributed by atoms with Crippen molar-refractivity contribution in [2.75, 3.05) is 30.3 Å². The molecule has 1 saturated heterocycles. The van der Waals surface area contributed by atoms with Crippen molar-refractivity contribution < 1.29 is 19.1 Å². The summed E-state index contributed by atoms with van der Waals surface area (Å²) in [6.07, 6.45) is 3.27. The van der Waals surface area contributed by atoms with E-state index in [9.17, 15) is 14.4 Å². The quantitative estimate of drug-likeness (QED) is 0.872. The number of hydrogen-bond acceptors (Lipinski definition) is 4. The van der Waals surface area contributed by atoms with Crippen molar-refractivity contribution in [3.8, 4) is 5.75 Å². The lowest BCUT2D eigenvalue weighted by Gasteiger charge is -2.21. The van der Waals surface area contributed by atoms with Crippen molar-refractivity contribution in [1.82, 2.24) is 4.90 Å². The Hall–Kier alpha value is -2.28. The first kappa shape index (κ1) is 16.6. The SMILES string of the molecule is O=C(CN1CCCCCC1=O)Nc1cc2c(cc1Cl)NC(=O)CO2. The number of ether oxygens (including phenoxy) is 1. The van der Waals surface area contributed by atoms with Gasteiger partial charge in [0.1, 0.15) is 5.75 Å². The summed E-state index contributed by atoms with van der Waals surface area (Å²) in [5.41, 5.74) is 0.857. The fourth-order valence-electron chi connectivity index (χ4n) is 2.76. The van der Waals surface area contributed by atoms with Crippen molar-refractivity contribution in [2.24, 2.45) is 0 Å². The number of fused-ring (bicyclic) bond motifs is 1. The highest BCUT2D eigenvalue weighted by atomic mass is 35.5. The lowest BCUT2D eigenvalue weighted by Crippen LogP contribution is -2.37. The summed E-state index contributed by atoms with van der Waals surface area (Å²) in [6, 6.07) is 3.10. The molecule has 24 heavy (non-hydrogen) atoms. The topological polar surface area (TPSA) is 87.7 Å². The number of nitrogens with one attached hydrogen (secondary N) is 2. The molecule has 3 amide bonds. The standard InChI is InChI=1S/C16H18ClN3O4/c17-10-6-12-13(24-9-15(22)19-12)7-11(10)18-14(21)8-20-5-3-1-2-4-16(20)23/h6-7H,1-5,8-9H2,(H,18,21)(H,19,22). The van der Waals surface area contributed by atoms with Crippen LogP contribution in [0.25, 0.3) is 0 Å². The number of hydrogen-bond donors (Lipinski definition) is 2. The summed E-state index contributed by atoms with van der Waals surface area (Å²) >= 11 is 6.15. The Morgan fingerprint density at radius 1 is 1.29 bits per heavy atom. The Labute approximate surface area is 144 Å². The van der Waals surface area contributed by atoms with Gasteiger partial charge in [0.25, 0.3) is 5.91 Å². The van der Waals surface area contributed by atoms with E-state index in [0.717, 1.165) is 19.3 Å². The molecule has 0 radical (unpaired) electrons. The zero-order valence-electron chi connectivity index (χ0n) is 13.1. The van der Waals surface area contributed by atoms with E-state index >= 15 is 0 Å². The van der Waals surface area contributed by atoms with Gasteiger partial charge in [-0.3, -0.25) is 14.4 Å². The first-order valence-corrected chi connectivity index (χ1v) is 8.24. The average Bonchev–Trinajstić information content (AvgIpc) is 2.73. The Morgan fingerprint density at radius 2 is 2.12 bits per heavy atom. The minimum Gasteiger partial charge on any atom is -0.482 e. The fourth-order valence-corrected chi connectivity index (χ4v) is 2.98. The number of anilines is 2. The van der Waals surface area contributed by atoms with Gasteiger partial charge < -0.3 is 20.3 Å². The highest BCUT2D eigenvalue weighted by molar-refractivity contribution is 6.34. The molecule has 0 saturated carbocycles. The van der Waals surface area contributed by atoms with Crippen LogP contribution in [0.2, 0.25) is 5.02 Å². The van der Waals surface area contributed by atoms with Gasteiger partial charge in [-0.25, -0.2) is 0 Å². The van der Waals surface area contributed by atoms with Gasteiger partial charge in [0.2, 0.25) is 11.8 Å². The number of halogens is 1. The van der Waals surface area contributed by atoms with Gasteiger partial charge in [-0.05, 0) is 18.9 Å². The lowest BCUT2D eigenvalue weighted by molar-refractivity contribution is -0.134. The number of carbonyl (C=O) groups excluding carboxylic acids is 3. The largest absolute Gasteiger partial charge is 0.482 e. The molecule has 3 rings (SSSR count). The van der Waals surface area contributed by atoms with E-state index in [-0.39, 0.29) is 35.9 Å². The number of nitrogens with zero attached hydrogens (tertiary/aromatic N) is 1. The third-order valence-corrected chi connectivity index (χ3v) is 4.29. The highest BCUT2D eigenvalue weighted by Gasteiger charge is 2.21.